The molecule has 17 heavy (non-hydrogen) atoms. The van der Waals surface area contributed by atoms with Gasteiger partial charge in [-0.2, -0.15) is 0 Å². The molecule has 0 radical (unpaired) electrons. The third-order valence-electron chi connectivity index (χ3n) is 2.73. The van der Waals surface area contributed by atoms with Crippen LogP contribution in [0.25, 0.3) is 16.7 Å². The fraction of sp³-hybridized carbons (Fsp3) is 0.125. The first kappa shape index (κ1) is 11.5. The van der Waals surface area contributed by atoms with E-state index in [0.717, 1.165) is 5.57 Å². The Morgan fingerprint density at radius 2 is 1.59 bits per heavy atom. The van der Waals surface area contributed by atoms with E-state index in [1.807, 2.05) is 6.07 Å². The first-order valence-electron chi connectivity index (χ1n) is 5.67. The summed E-state index contributed by atoms with van der Waals surface area (Å²) in [6.45, 7) is 2.06. The van der Waals surface area contributed by atoms with E-state index in [1.54, 1.807) is 13.4 Å². The molecule has 0 atom stereocenters. The van der Waals surface area contributed by atoms with Crippen molar-refractivity contribution >= 4 is 5.57 Å². The largest absolute Gasteiger partial charge is 0.504 e. The van der Waals surface area contributed by atoms with E-state index in [0.29, 0.717) is 0 Å². The van der Waals surface area contributed by atoms with Gasteiger partial charge in [-0.25, -0.2) is 0 Å². The summed E-state index contributed by atoms with van der Waals surface area (Å²) in [7, 11) is 1.68. The van der Waals surface area contributed by atoms with E-state index >= 15 is 0 Å². The van der Waals surface area contributed by atoms with Crippen LogP contribution in [0.4, 0.5) is 0 Å². The predicted molar refractivity (Wildman–Crippen MR) is 72.5 cm³/mol. The second-order valence-electron chi connectivity index (χ2n) is 3.95. The van der Waals surface area contributed by atoms with Crippen LogP contribution in [0.1, 0.15) is 12.5 Å². The van der Waals surface area contributed by atoms with Crippen molar-refractivity contribution in [2.45, 2.75) is 6.92 Å². The Morgan fingerprint density at radius 3 is 2.29 bits per heavy atom. The summed E-state index contributed by atoms with van der Waals surface area (Å²) in [5, 5.41) is 0. The zero-order valence-corrected chi connectivity index (χ0v) is 10.2. The minimum atomic E-state index is 1.13. The highest BCUT2D eigenvalue weighted by Crippen LogP contribution is 2.28. The lowest BCUT2D eigenvalue weighted by atomic mass is 9.96. The van der Waals surface area contributed by atoms with Crippen LogP contribution in [-0.4, -0.2) is 7.11 Å². The fourth-order valence-electron chi connectivity index (χ4n) is 1.94. The lowest BCUT2D eigenvalue weighted by molar-refractivity contribution is 0.339. The van der Waals surface area contributed by atoms with Crippen molar-refractivity contribution in [1.82, 2.24) is 0 Å². The number of allylic oxidation sites excluding steroid dienone is 1. The molecule has 0 aliphatic rings. The first-order valence-corrected chi connectivity index (χ1v) is 5.67. The zero-order chi connectivity index (χ0) is 12.1. The van der Waals surface area contributed by atoms with E-state index < -0.39 is 0 Å². The van der Waals surface area contributed by atoms with Crippen LogP contribution in [0.2, 0.25) is 0 Å². The maximum absolute atomic E-state index is 5.09. The lowest BCUT2D eigenvalue weighted by Gasteiger charge is -2.09. The molecule has 0 amide bonds. The summed E-state index contributed by atoms with van der Waals surface area (Å²) in [5.74, 6) is 0. The van der Waals surface area contributed by atoms with Crippen molar-refractivity contribution in [2.75, 3.05) is 7.11 Å². The SMILES string of the molecule is CO/C=C(\C)c1ccccc1-c1ccccc1. The zero-order valence-electron chi connectivity index (χ0n) is 10.2. The molecule has 0 aromatic heterocycles. The molecule has 0 aliphatic carbocycles. The quantitative estimate of drug-likeness (QED) is 0.704. The van der Waals surface area contributed by atoms with Crippen LogP contribution in [-0.2, 0) is 4.74 Å². The van der Waals surface area contributed by atoms with Gasteiger partial charge in [-0.1, -0.05) is 54.6 Å². The first-order chi connectivity index (χ1) is 8.33. The van der Waals surface area contributed by atoms with Gasteiger partial charge in [0.2, 0.25) is 0 Å². The second kappa shape index (κ2) is 5.35. The highest BCUT2D eigenvalue weighted by molar-refractivity contribution is 5.80. The van der Waals surface area contributed by atoms with Crippen LogP contribution in [0, 0.1) is 0 Å². The van der Waals surface area contributed by atoms with Gasteiger partial charge in [-0.05, 0) is 29.2 Å². The lowest BCUT2D eigenvalue weighted by Crippen LogP contribution is -1.87. The molecule has 86 valence electrons. The Balaban J connectivity index is 2.52. The maximum atomic E-state index is 5.09. The van der Waals surface area contributed by atoms with Crippen molar-refractivity contribution in [1.29, 1.82) is 0 Å². The molecule has 0 aliphatic heterocycles. The van der Waals surface area contributed by atoms with Crippen LogP contribution >= 0.6 is 0 Å². The van der Waals surface area contributed by atoms with Crippen LogP contribution in [0.15, 0.2) is 60.9 Å². The predicted octanol–water partition coefficient (Wildman–Crippen LogP) is 4.36. The number of benzene rings is 2. The average molecular weight is 224 g/mol. The molecule has 2 rings (SSSR count). The van der Waals surface area contributed by atoms with Gasteiger partial charge in [0.15, 0.2) is 0 Å². The molecule has 1 heteroatoms. The topological polar surface area (TPSA) is 9.23 Å². The van der Waals surface area contributed by atoms with Gasteiger partial charge < -0.3 is 4.74 Å². The van der Waals surface area contributed by atoms with Crippen molar-refractivity contribution in [3.63, 3.8) is 0 Å². The van der Waals surface area contributed by atoms with Gasteiger partial charge >= 0.3 is 0 Å². The monoisotopic (exact) mass is 224 g/mol. The van der Waals surface area contributed by atoms with Gasteiger partial charge in [-0.15, -0.1) is 0 Å². The van der Waals surface area contributed by atoms with E-state index in [4.69, 9.17) is 4.74 Å². The van der Waals surface area contributed by atoms with Gasteiger partial charge in [0, 0.05) is 0 Å². The Morgan fingerprint density at radius 1 is 0.941 bits per heavy atom. The third-order valence-corrected chi connectivity index (χ3v) is 2.73. The Bertz CT molecular complexity index is 512. The Kier molecular flexibility index (Phi) is 3.61. The fourth-order valence-corrected chi connectivity index (χ4v) is 1.94. The molecule has 0 saturated carbocycles. The molecular formula is C16H16O. The van der Waals surface area contributed by atoms with Crippen LogP contribution in [0.3, 0.4) is 0 Å². The summed E-state index contributed by atoms with van der Waals surface area (Å²) in [4.78, 5) is 0. The smallest absolute Gasteiger partial charge is 0.0859 e. The summed E-state index contributed by atoms with van der Waals surface area (Å²) in [5.41, 5.74) is 4.80. The standard InChI is InChI=1S/C16H16O/c1-13(12-17-2)15-10-6-7-11-16(15)14-8-4-3-5-9-14/h3-12H,1-2H3/b13-12+. The highest BCUT2D eigenvalue weighted by Gasteiger charge is 2.05. The molecule has 0 heterocycles. The Hall–Kier alpha value is -2.02. The molecular weight excluding hydrogens is 208 g/mol. The number of rotatable bonds is 3. The number of ether oxygens (including phenoxy) is 1. The highest BCUT2D eigenvalue weighted by atomic mass is 16.5. The Labute approximate surface area is 102 Å². The molecule has 0 unspecified atom stereocenters. The molecule has 2 aromatic rings. The minimum Gasteiger partial charge on any atom is -0.504 e. The normalized spacial score (nSPS) is 11.3. The summed E-state index contributed by atoms with van der Waals surface area (Å²) in [6, 6.07) is 18.8. The number of hydrogen-bond donors (Lipinski definition) is 0. The molecule has 0 N–H and O–H groups in total. The molecule has 2 aromatic carbocycles. The van der Waals surface area contributed by atoms with Gasteiger partial charge in [0.25, 0.3) is 0 Å². The maximum Gasteiger partial charge on any atom is 0.0859 e. The molecule has 0 spiro atoms. The van der Waals surface area contributed by atoms with Gasteiger partial charge in [-0.3, -0.25) is 0 Å². The van der Waals surface area contributed by atoms with E-state index in [1.165, 1.54) is 16.7 Å². The van der Waals surface area contributed by atoms with Crippen molar-refractivity contribution < 1.29 is 4.74 Å². The number of hydrogen-bond acceptors (Lipinski definition) is 1. The van der Waals surface area contributed by atoms with E-state index in [-0.39, 0.29) is 0 Å². The minimum absolute atomic E-state index is 1.13. The van der Waals surface area contributed by atoms with Crippen LogP contribution in [0.5, 0.6) is 0 Å². The van der Waals surface area contributed by atoms with E-state index in [2.05, 4.69) is 55.5 Å². The van der Waals surface area contributed by atoms with Gasteiger partial charge in [0.05, 0.1) is 13.4 Å². The van der Waals surface area contributed by atoms with Crippen molar-refractivity contribution in [2.24, 2.45) is 0 Å². The van der Waals surface area contributed by atoms with Crippen LogP contribution < -0.4 is 0 Å². The second-order valence-corrected chi connectivity index (χ2v) is 3.95. The average Bonchev–Trinajstić information content (AvgIpc) is 2.40. The van der Waals surface area contributed by atoms with E-state index in [9.17, 15) is 0 Å². The molecule has 0 bridgehead atoms. The molecule has 0 fully saturated rings. The third kappa shape index (κ3) is 2.56. The van der Waals surface area contributed by atoms with Gasteiger partial charge in [0.1, 0.15) is 0 Å². The van der Waals surface area contributed by atoms with Crippen molar-refractivity contribution in [3.8, 4) is 11.1 Å². The summed E-state index contributed by atoms with van der Waals surface area (Å²) >= 11 is 0. The molecule has 0 saturated heterocycles. The summed E-state index contributed by atoms with van der Waals surface area (Å²) in [6.07, 6.45) is 1.78. The van der Waals surface area contributed by atoms with Crippen molar-refractivity contribution in [3.05, 3.63) is 66.4 Å². The molecule has 1 nitrogen and oxygen atoms in total. The summed E-state index contributed by atoms with van der Waals surface area (Å²) < 4.78 is 5.09. The number of methoxy groups -OCH3 is 1.